The van der Waals surface area contributed by atoms with Gasteiger partial charge in [0.15, 0.2) is 0 Å². The lowest BCUT2D eigenvalue weighted by Gasteiger charge is -2.28. The quantitative estimate of drug-likeness (QED) is 0.458. The van der Waals surface area contributed by atoms with Gasteiger partial charge in [-0.05, 0) is 67.5 Å². The Balaban J connectivity index is 1.69. The van der Waals surface area contributed by atoms with Crippen molar-refractivity contribution in [3.05, 3.63) is 88.5 Å². The van der Waals surface area contributed by atoms with Gasteiger partial charge < -0.3 is 5.73 Å². The number of aromatic nitrogens is 1. The van der Waals surface area contributed by atoms with E-state index in [1.165, 1.54) is 17.3 Å². The number of thiazole rings is 1. The van der Waals surface area contributed by atoms with Crippen molar-refractivity contribution in [2.75, 3.05) is 0 Å². The molecule has 0 radical (unpaired) electrons. The molecule has 0 unspecified atom stereocenters. The number of hydrogen-bond acceptors (Lipinski definition) is 4. The minimum absolute atomic E-state index is 0.192. The standard InChI is InChI=1S/C25H26FN3S/c1-3-21(28-15-16(2)27)20-12-11-18(17-7-6-8-17)19(25(20)26)13-14-24-29-22-9-4-5-10-23(22)30-24/h3-5,9-12,15,17H,1,6-8,13-14,27H2,2H3/b16-15+,28-21?. The predicted octanol–water partition coefficient (Wildman–Crippen LogP) is 6.28. The molecule has 0 amide bonds. The number of nitrogens with zero attached hydrogens (tertiary/aromatic N) is 2. The number of aryl methyl sites for hydroxylation is 1. The highest BCUT2D eigenvalue weighted by Gasteiger charge is 2.25. The van der Waals surface area contributed by atoms with Gasteiger partial charge in [0, 0.05) is 23.9 Å². The molecule has 3 aromatic rings. The molecule has 0 saturated heterocycles. The van der Waals surface area contributed by atoms with Crippen molar-refractivity contribution in [2.45, 2.75) is 44.9 Å². The van der Waals surface area contributed by atoms with Crippen LogP contribution in [-0.4, -0.2) is 10.7 Å². The van der Waals surface area contributed by atoms with Crippen LogP contribution in [0.1, 0.15) is 53.8 Å². The zero-order chi connectivity index (χ0) is 21.1. The van der Waals surface area contributed by atoms with Crippen LogP contribution in [0.25, 0.3) is 10.2 Å². The van der Waals surface area contributed by atoms with E-state index >= 15 is 4.39 Å². The van der Waals surface area contributed by atoms with E-state index in [0.717, 1.165) is 40.9 Å². The van der Waals surface area contributed by atoms with Crippen LogP contribution in [-0.2, 0) is 12.8 Å². The average molecular weight is 420 g/mol. The number of aliphatic imine (C=N–C) groups is 1. The summed E-state index contributed by atoms with van der Waals surface area (Å²) in [6.45, 7) is 5.57. The largest absolute Gasteiger partial charge is 0.401 e. The third-order valence-corrected chi connectivity index (χ3v) is 6.72. The van der Waals surface area contributed by atoms with Crippen molar-refractivity contribution in [3.63, 3.8) is 0 Å². The number of nitrogens with two attached hydrogens (primary N) is 1. The molecule has 0 bridgehead atoms. The zero-order valence-electron chi connectivity index (χ0n) is 17.2. The molecule has 1 aliphatic rings. The predicted molar refractivity (Wildman–Crippen MR) is 125 cm³/mol. The fraction of sp³-hybridized carbons (Fsp3) is 0.280. The third-order valence-electron chi connectivity index (χ3n) is 5.63. The van der Waals surface area contributed by atoms with Crippen LogP contribution in [0.3, 0.4) is 0 Å². The van der Waals surface area contributed by atoms with E-state index in [-0.39, 0.29) is 5.82 Å². The summed E-state index contributed by atoms with van der Waals surface area (Å²) in [5, 5.41) is 1.04. The summed E-state index contributed by atoms with van der Waals surface area (Å²) in [5.41, 5.74) is 10.2. The molecule has 2 N–H and O–H groups in total. The van der Waals surface area contributed by atoms with Crippen molar-refractivity contribution >= 4 is 27.3 Å². The smallest absolute Gasteiger partial charge is 0.136 e. The first-order valence-corrected chi connectivity index (χ1v) is 11.2. The highest BCUT2D eigenvalue weighted by atomic mass is 32.1. The molecule has 0 spiro atoms. The van der Waals surface area contributed by atoms with Gasteiger partial charge in [0.2, 0.25) is 0 Å². The normalized spacial score (nSPS) is 15.4. The number of para-hydroxylation sites is 1. The Kier molecular flexibility index (Phi) is 6.09. The Morgan fingerprint density at radius 2 is 2.07 bits per heavy atom. The Labute approximate surface area is 180 Å². The number of benzene rings is 2. The fourth-order valence-electron chi connectivity index (χ4n) is 3.85. The van der Waals surface area contributed by atoms with Crippen LogP contribution in [0.4, 0.5) is 4.39 Å². The number of allylic oxidation sites excluding steroid dienone is 2. The second-order valence-electron chi connectivity index (χ2n) is 7.79. The van der Waals surface area contributed by atoms with E-state index in [2.05, 4.69) is 23.7 Å². The monoisotopic (exact) mass is 419 g/mol. The molecule has 2 aromatic carbocycles. The number of rotatable bonds is 7. The summed E-state index contributed by atoms with van der Waals surface area (Å²) in [6.07, 6.45) is 7.94. The van der Waals surface area contributed by atoms with Crippen LogP contribution >= 0.6 is 11.3 Å². The summed E-state index contributed by atoms with van der Waals surface area (Å²) >= 11 is 1.69. The number of fused-ring (bicyclic) bond motifs is 1. The maximum absolute atomic E-state index is 15.7. The first kappa shape index (κ1) is 20.5. The van der Waals surface area contributed by atoms with Gasteiger partial charge in [0.05, 0.1) is 20.9 Å². The van der Waals surface area contributed by atoms with Crippen molar-refractivity contribution in [3.8, 4) is 0 Å². The van der Waals surface area contributed by atoms with E-state index < -0.39 is 0 Å². The highest BCUT2D eigenvalue weighted by Crippen LogP contribution is 2.40. The van der Waals surface area contributed by atoms with Crippen LogP contribution in [0.2, 0.25) is 0 Å². The Morgan fingerprint density at radius 1 is 1.27 bits per heavy atom. The summed E-state index contributed by atoms with van der Waals surface area (Å²) < 4.78 is 16.9. The lowest BCUT2D eigenvalue weighted by Crippen LogP contribution is -2.15. The Bertz CT molecular complexity index is 1100. The molecule has 4 rings (SSSR count). The summed E-state index contributed by atoms with van der Waals surface area (Å²) in [7, 11) is 0. The molecular formula is C25H26FN3S. The third kappa shape index (κ3) is 4.21. The van der Waals surface area contributed by atoms with E-state index in [4.69, 9.17) is 10.7 Å². The molecule has 154 valence electrons. The molecular weight excluding hydrogens is 393 g/mol. The summed E-state index contributed by atoms with van der Waals surface area (Å²) in [6, 6.07) is 12.0. The molecule has 30 heavy (non-hydrogen) atoms. The topological polar surface area (TPSA) is 51.3 Å². The molecule has 1 fully saturated rings. The first-order valence-electron chi connectivity index (χ1n) is 10.4. The zero-order valence-corrected chi connectivity index (χ0v) is 18.0. The molecule has 5 heteroatoms. The van der Waals surface area contributed by atoms with E-state index in [1.807, 2.05) is 24.3 Å². The maximum Gasteiger partial charge on any atom is 0.136 e. The van der Waals surface area contributed by atoms with Crippen LogP contribution < -0.4 is 5.73 Å². The molecule has 1 aliphatic carbocycles. The van der Waals surface area contributed by atoms with E-state index in [0.29, 0.717) is 29.3 Å². The van der Waals surface area contributed by atoms with Gasteiger partial charge in [-0.2, -0.15) is 0 Å². The Hall–Kier alpha value is -2.79. The van der Waals surface area contributed by atoms with Crippen LogP contribution in [0.5, 0.6) is 0 Å². The molecule has 0 aliphatic heterocycles. The van der Waals surface area contributed by atoms with Gasteiger partial charge in [-0.15, -0.1) is 11.3 Å². The lowest BCUT2D eigenvalue weighted by molar-refractivity contribution is 0.414. The van der Waals surface area contributed by atoms with Gasteiger partial charge >= 0.3 is 0 Å². The van der Waals surface area contributed by atoms with Crippen molar-refractivity contribution in [2.24, 2.45) is 10.7 Å². The number of halogens is 1. The van der Waals surface area contributed by atoms with Gasteiger partial charge in [0.1, 0.15) is 5.82 Å². The minimum atomic E-state index is -0.192. The van der Waals surface area contributed by atoms with Gasteiger partial charge in [-0.25, -0.2) is 9.37 Å². The SMILES string of the molecule is C=CC(=N/C=C(\C)N)c1ccc(C2CCC2)c(CCc2nc3ccccc3s2)c1F. The maximum atomic E-state index is 15.7. The fourth-order valence-corrected chi connectivity index (χ4v) is 4.82. The average Bonchev–Trinajstić information content (AvgIpc) is 3.10. The van der Waals surface area contributed by atoms with Gasteiger partial charge in [-0.1, -0.05) is 31.2 Å². The van der Waals surface area contributed by atoms with Gasteiger partial charge in [-0.3, -0.25) is 4.99 Å². The van der Waals surface area contributed by atoms with Crippen molar-refractivity contribution < 1.29 is 4.39 Å². The van der Waals surface area contributed by atoms with Crippen LogP contribution in [0, 0.1) is 5.82 Å². The molecule has 1 saturated carbocycles. The van der Waals surface area contributed by atoms with Crippen molar-refractivity contribution in [1.29, 1.82) is 0 Å². The van der Waals surface area contributed by atoms with Crippen molar-refractivity contribution in [1.82, 2.24) is 4.98 Å². The highest BCUT2D eigenvalue weighted by molar-refractivity contribution is 7.18. The minimum Gasteiger partial charge on any atom is -0.401 e. The second kappa shape index (κ2) is 8.92. The number of hydrogen-bond donors (Lipinski definition) is 1. The molecule has 1 heterocycles. The summed E-state index contributed by atoms with van der Waals surface area (Å²) in [4.78, 5) is 9.05. The Morgan fingerprint density at radius 3 is 2.73 bits per heavy atom. The lowest BCUT2D eigenvalue weighted by atomic mass is 9.77. The van der Waals surface area contributed by atoms with E-state index in [1.54, 1.807) is 24.3 Å². The second-order valence-corrected chi connectivity index (χ2v) is 8.90. The molecule has 1 aromatic heterocycles. The van der Waals surface area contributed by atoms with Gasteiger partial charge in [0.25, 0.3) is 0 Å². The molecule has 0 atom stereocenters. The van der Waals surface area contributed by atoms with E-state index in [9.17, 15) is 0 Å². The first-order chi connectivity index (χ1) is 14.6. The molecule has 3 nitrogen and oxygen atoms in total. The van der Waals surface area contributed by atoms with Crippen LogP contribution in [0.15, 0.2) is 65.9 Å². The summed E-state index contributed by atoms with van der Waals surface area (Å²) in [5.74, 6) is 0.261.